The molecular weight excluding hydrogens is 956 g/mol. The van der Waals surface area contributed by atoms with Crippen molar-refractivity contribution in [2.75, 3.05) is 19.8 Å². The van der Waals surface area contributed by atoms with Crippen LogP contribution in [0.2, 0.25) is 0 Å². The second-order valence-corrected chi connectivity index (χ2v) is 21.1. The Morgan fingerprint density at radius 2 is 1.41 bits per heavy atom. The molecule has 0 aliphatic rings. The van der Waals surface area contributed by atoms with Gasteiger partial charge >= 0.3 is 23.3 Å². The molecule has 2 aromatic heterocycles. The Labute approximate surface area is 379 Å². The van der Waals surface area contributed by atoms with E-state index in [0.29, 0.717) is 3.97 Å². The van der Waals surface area contributed by atoms with E-state index in [9.17, 15) is 52.6 Å². The number of fused-ring (bicyclic) bond motifs is 1. The van der Waals surface area contributed by atoms with Gasteiger partial charge in [-0.3, -0.25) is 4.98 Å². The molecule has 0 amide bonds. The van der Waals surface area contributed by atoms with Crippen LogP contribution in [0.5, 0.6) is 17.2 Å². The average Bonchev–Trinajstić information content (AvgIpc) is 3.69. The number of para-hydroxylation sites is 2. The maximum atomic E-state index is 14.8. The molecule has 0 spiro atoms. The van der Waals surface area contributed by atoms with Crippen LogP contribution < -0.4 is 14.2 Å². The molecule has 0 radical (unpaired) electrons. The fourth-order valence-electron chi connectivity index (χ4n) is 6.05. The minimum Gasteiger partial charge on any atom is -0.609 e. The number of halogens is 3. The molecular formula is C42H38F3N3O14S4. The number of hydrogen-bond acceptors (Lipinski definition) is 16. The summed E-state index contributed by atoms with van der Waals surface area (Å²) in [6.45, 7) is 0.899. The van der Waals surface area contributed by atoms with Crippen LogP contribution in [-0.4, -0.2) is 92.6 Å². The van der Waals surface area contributed by atoms with Crippen LogP contribution in [-0.2, 0) is 65.7 Å². The number of sulfone groups is 2. The van der Waals surface area contributed by atoms with Crippen molar-refractivity contribution in [1.82, 2.24) is 13.9 Å². The topological polar surface area (TPSA) is 236 Å². The molecule has 6 rings (SSSR count). The fraction of sp³-hybridized carbons (Fsp3) is 0.238. The number of aromatic nitrogens is 3. The molecule has 17 nitrogen and oxygen atoms in total. The smallest absolute Gasteiger partial charge is 0.422 e. The Hall–Kier alpha value is -6.21. The molecule has 0 aliphatic carbocycles. The third kappa shape index (κ3) is 11.1. The summed E-state index contributed by atoms with van der Waals surface area (Å²) in [5.74, 6) is -4.70. The van der Waals surface area contributed by atoms with E-state index in [1.54, 1.807) is 6.07 Å². The zero-order valence-electron chi connectivity index (χ0n) is 34.8. The number of carbonyl (C=O) groups is 2. The molecule has 350 valence electrons. The van der Waals surface area contributed by atoms with Crippen molar-refractivity contribution in [2.24, 2.45) is 0 Å². The lowest BCUT2D eigenvalue weighted by Crippen LogP contribution is -2.37. The maximum absolute atomic E-state index is 14.8. The van der Waals surface area contributed by atoms with Gasteiger partial charge in [0.25, 0.3) is 15.5 Å². The molecule has 0 bridgehead atoms. The quantitative estimate of drug-likeness (QED) is 0.0698. The number of ether oxygens (including phenoxy) is 5. The molecule has 6 aromatic rings. The first kappa shape index (κ1) is 49.2. The van der Waals surface area contributed by atoms with Crippen LogP contribution in [0.4, 0.5) is 13.2 Å². The van der Waals surface area contributed by atoms with Crippen LogP contribution in [0.3, 0.4) is 0 Å². The van der Waals surface area contributed by atoms with Gasteiger partial charge in [0.1, 0.15) is 5.75 Å². The van der Waals surface area contributed by atoms with E-state index in [1.165, 1.54) is 98.8 Å². The number of benzene rings is 4. The number of esters is 2. The van der Waals surface area contributed by atoms with Gasteiger partial charge in [-0.1, -0.05) is 48.5 Å². The van der Waals surface area contributed by atoms with Gasteiger partial charge in [-0.25, -0.2) is 34.8 Å². The molecule has 2 heterocycles. The Morgan fingerprint density at radius 3 is 2.05 bits per heavy atom. The Morgan fingerprint density at radius 1 is 0.788 bits per heavy atom. The van der Waals surface area contributed by atoms with Gasteiger partial charge in [0.2, 0.25) is 25.1 Å². The average molecular weight is 994 g/mol. The highest BCUT2D eigenvalue weighted by Crippen LogP contribution is 2.36. The lowest BCUT2D eigenvalue weighted by atomic mass is 10.2. The van der Waals surface area contributed by atoms with Gasteiger partial charge in [-0.15, -0.1) is 0 Å². The standard InChI is InChI=1S/C42H38F3N3O14S4/c1-4-58-39(50)40(65(54,55)30-15-9-6-10-16-30)62-37-23-31(19-20-36(37)59-24-38(49)61-28(3)64(52,53)29-13-7-5-8-14-29)66(56,57)48-34-18-12-11-17-32(34)47-41(48)63(51)25-33-27(2)35(21-22-46-33)60-26-42(43,44)45/h5-23,28,40H,4,24-26H2,1-3H3. The lowest BCUT2D eigenvalue weighted by Gasteiger charge is -2.21. The highest BCUT2D eigenvalue weighted by molar-refractivity contribution is 7.93. The Kier molecular flexibility index (Phi) is 15.0. The largest absolute Gasteiger partial charge is 0.609 e. The van der Waals surface area contributed by atoms with Gasteiger partial charge < -0.3 is 28.2 Å². The summed E-state index contributed by atoms with van der Waals surface area (Å²) < 4.78 is 164. The normalized spacial score (nSPS) is 13.6. The highest BCUT2D eigenvalue weighted by atomic mass is 32.2. The van der Waals surface area contributed by atoms with E-state index < -0.39 is 115 Å². The molecule has 0 N–H and O–H groups in total. The molecule has 66 heavy (non-hydrogen) atoms. The van der Waals surface area contributed by atoms with Gasteiger partial charge in [-0.2, -0.15) is 22.1 Å². The lowest BCUT2D eigenvalue weighted by molar-refractivity contribution is -0.153. The van der Waals surface area contributed by atoms with Crippen molar-refractivity contribution < 1.29 is 76.3 Å². The molecule has 0 fully saturated rings. The van der Waals surface area contributed by atoms with Gasteiger partial charge in [0.15, 0.2) is 30.5 Å². The second-order valence-electron chi connectivity index (χ2n) is 13.8. The van der Waals surface area contributed by atoms with Crippen LogP contribution >= 0.6 is 0 Å². The van der Waals surface area contributed by atoms with Gasteiger partial charge in [0, 0.05) is 29.0 Å². The monoisotopic (exact) mass is 993 g/mol. The minimum absolute atomic E-state index is 0.00332. The number of pyridine rings is 1. The molecule has 24 heteroatoms. The van der Waals surface area contributed by atoms with Crippen LogP contribution in [0.25, 0.3) is 11.0 Å². The van der Waals surface area contributed by atoms with Crippen LogP contribution in [0, 0.1) is 6.92 Å². The minimum atomic E-state index is -4.99. The van der Waals surface area contributed by atoms with E-state index in [4.69, 9.17) is 23.7 Å². The van der Waals surface area contributed by atoms with E-state index in [1.807, 2.05) is 0 Å². The van der Waals surface area contributed by atoms with Crippen molar-refractivity contribution in [3.63, 3.8) is 0 Å². The third-order valence-corrected chi connectivity index (χ3v) is 16.0. The van der Waals surface area contributed by atoms with Gasteiger partial charge in [0.05, 0.1) is 38.0 Å². The molecule has 3 atom stereocenters. The fourth-order valence-corrected chi connectivity index (χ4v) is 11.6. The number of alkyl halides is 3. The van der Waals surface area contributed by atoms with Crippen LogP contribution in [0.1, 0.15) is 25.1 Å². The van der Waals surface area contributed by atoms with E-state index >= 15 is 0 Å². The molecule has 0 aliphatic heterocycles. The number of nitrogens with zero attached hydrogens (tertiary/aromatic N) is 3. The number of carbonyl (C=O) groups excluding carboxylic acids is 2. The molecule has 0 saturated carbocycles. The predicted molar refractivity (Wildman–Crippen MR) is 229 cm³/mol. The molecule has 3 unspecified atom stereocenters. The highest BCUT2D eigenvalue weighted by Gasteiger charge is 2.40. The number of rotatable bonds is 19. The first-order valence-corrected chi connectivity index (χ1v) is 25.1. The summed E-state index contributed by atoms with van der Waals surface area (Å²) in [5, 5.41) is -0.555. The number of imidazole rings is 1. The maximum Gasteiger partial charge on any atom is 0.422 e. The third-order valence-electron chi connectivity index (χ3n) is 9.28. The van der Waals surface area contributed by atoms with E-state index in [0.717, 1.165) is 31.3 Å². The van der Waals surface area contributed by atoms with Crippen molar-refractivity contribution in [3.05, 3.63) is 127 Å². The van der Waals surface area contributed by atoms with Crippen LogP contribution in [0.15, 0.2) is 135 Å². The van der Waals surface area contributed by atoms with Gasteiger partial charge in [-0.05, 0) is 75.4 Å². The number of hydrogen-bond donors (Lipinski definition) is 0. The second kappa shape index (κ2) is 20.1. The summed E-state index contributed by atoms with van der Waals surface area (Å²) in [6.07, 6.45) is -3.54. The Balaban J connectivity index is 1.40. The van der Waals surface area contributed by atoms with Crippen molar-refractivity contribution in [2.45, 2.75) is 63.4 Å². The zero-order valence-corrected chi connectivity index (χ0v) is 38.0. The summed E-state index contributed by atoms with van der Waals surface area (Å²) in [4.78, 5) is 33.6. The Bertz CT molecular complexity index is 3070. The summed E-state index contributed by atoms with van der Waals surface area (Å²) in [6, 6.07) is 23.3. The van der Waals surface area contributed by atoms with Crippen molar-refractivity contribution >= 4 is 63.8 Å². The molecule has 4 aromatic carbocycles. The zero-order chi connectivity index (χ0) is 48.0. The summed E-state index contributed by atoms with van der Waals surface area (Å²) in [7, 11) is -14.0. The van der Waals surface area contributed by atoms with Crippen molar-refractivity contribution in [1.29, 1.82) is 0 Å². The van der Waals surface area contributed by atoms with E-state index in [-0.39, 0.29) is 39.5 Å². The molecule has 0 saturated heterocycles. The summed E-state index contributed by atoms with van der Waals surface area (Å²) >= 11 is -2.39. The van der Waals surface area contributed by atoms with E-state index in [2.05, 4.69) is 9.97 Å². The summed E-state index contributed by atoms with van der Waals surface area (Å²) in [5.41, 5.74) is -4.17. The first-order valence-electron chi connectivity index (χ1n) is 19.3. The van der Waals surface area contributed by atoms with Crippen molar-refractivity contribution in [3.8, 4) is 17.2 Å². The SMILES string of the molecule is CCOC(=O)C(Oc1cc(S(=O)(=O)n2c([S+]([O-])Cc3nccc(OCC(F)(F)F)c3C)nc3ccccc32)ccc1OCC(=O)OC(C)S(=O)(=O)c1ccccc1)S(=O)(=O)c1ccccc1. The predicted octanol–water partition coefficient (Wildman–Crippen LogP) is 5.71. The first-order chi connectivity index (χ1) is 31.1.